The number of benzene rings is 1. The maximum absolute atomic E-state index is 12.3. The van der Waals surface area contributed by atoms with Crippen molar-refractivity contribution in [3.05, 3.63) is 29.8 Å². The molecule has 0 bridgehead atoms. The van der Waals surface area contributed by atoms with Crippen LogP contribution in [0.25, 0.3) is 0 Å². The minimum absolute atomic E-state index is 0.0355. The number of sulfone groups is 1. The number of hydrogen-bond acceptors (Lipinski definition) is 6. The SMILES string of the molecule is N/C(=N/O)c1cccc(S(=O)(=O)CCNC2CCSC2)c1. The van der Waals surface area contributed by atoms with Gasteiger partial charge in [-0.3, -0.25) is 0 Å². The second-order valence-corrected chi connectivity index (χ2v) is 8.11. The molecule has 0 aromatic heterocycles. The highest BCUT2D eigenvalue weighted by Gasteiger charge is 2.18. The molecule has 1 aromatic carbocycles. The predicted molar refractivity (Wildman–Crippen MR) is 84.7 cm³/mol. The number of rotatable bonds is 6. The molecule has 1 heterocycles. The molecular formula is C13H19N3O3S2. The normalized spacial score (nSPS) is 19.8. The van der Waals surface area contributed by atoms with Crippen molar-refractivity contribution in [1.29, 1.82) is 0 Å². The van der Waals surface area contributed by atoms with E-state index in [-0.39, 0.29) is 16.5 Å². The lowest BCUT2D eigenvalue weighted by Crippen LogP contribution is -2.33. The van der Waals surface area contributed by atoms with Crippen LogP contribution >= 0.6 is 11.8 Å². The first-order chi connectivity index (χ1) is 10.0. The molecule has 1 aromatic rings. The highest BCUT2D eigenvalue weighted by atomic mass is 32.2. The summed E-state index contributed by atoms with van der Waals surface area (Å²) in [6.07, 6.45) is 1.09. The molecule has 1 saturated heterocycles. The molecular weight excluding hydrogens is 310 g/mol. The lowest BCUT2D eigenvalue weighted by Gasteiger charge is -2.11. The van der Waals surface area contributed by atoms with E-state index in [9.17, 15) is 8.42 Å². The minimum atomic E-state index is -3.38. The molecule has 0 saturated carbocycles. The van der Waals surface area contributed by atoms with Crippen LogP contribution in [0.3, 0.4) is 0 Å². The number of thioether (sulfide) groups is 1. The molecule has 4 N–H and O–H groups in total. The third kappa shape index (κ3) is 4.36. The first-order valence-corrected chi connectivity index (χ1v) is 9.45. The van der Waals surface area contributed by atoms with Gasteiger partial charge in [0, 0.05) is 23.9 Å². The van der Waals surface area contributed by atoms with Crippen LogP contribution < -0.4 is 11.1 Å². The Balaban J connectivity index is 2.01. The predicted octanol–water partition coefficient (Wildman–Crippen LogP) is 0.650. The van der Waals surface area contributed by atoms with E-state index < -0.39 is 9.84 Å². The Hall–Kier alpha value is -1.25. The van der Waals surface area contributed by atoms with Crippen LogP contribution in [0.5, 0.6) is 0 Å². The van der Waals surface area contributed by atoms with Gasteiger partial charge < -0.3 is 16.3 Å². The summed E-state index contributed by atoms with van der Waals surface area (Å²) in [6, 6.07) is 6.54. The van der Waals surface area contributed by atoms with Crippen molar-refractivity contribution in [2.45, 2.75) is 17.4 Å². The van der Waals surface area contributed by atoms with Crippen LogP contribution in [0.2, 0.25) is 0 Å². The lowest BCUT2D eigenvalue weighted by atomic mass is 10.2. The third-order valence-electron chi connectivity index (χ3n) is 3.33. The molecule has 1 aliphatic heterocycles. The van der Waals surface area contributed by atoms with Crippen molar-refractivity contribution >= 4 is 27.4 Å². The van der Waals surface area contributed by atoms with E-state index in [1.807, 2.05) is 11.8 Å². The molecule has 0 aliphatic carbocycles. The Morgan fingerprint density at radius 2 is 2.33 bits per heavy atom. The Morgan fingerprint density at radius 3 is 3.00 bits per heavy atom. The Labute approximate surface area is 128 Å². The number of hydrogen-bond donors (Lipinski definition) is 3. The number of amidine groups is 1. The molecule has 1 atom stereocenters. The van der Waals surface area contributed by atoms with Gasteiger partial charge in [0.25, 0.3) is 0 Å². The van der Waals surface area contributed by atoms with Gasteiger partial charge in [-0.1, -0.05) is 17.3 Å². The van der Waals surface area contributed by atoms with E-state index >= 15 is 0 Å². The van der Waals surface area contributed by atoms with E-state index in [0.29, 0.717) is 18.2 Å². The first-order valence-electron chi connectivity index (χ1n) is 6.65. The second-order valence-electron chi connectivity index (χ2n) is 4.85. The van der Waals surface area contributed by atoms with Crippen molar-refractivity contribution in [2.75, 3.05) is 23.8 Å². The second kappa shape index (κ2) is 7.15. The van der Waals surface area contributed by atoms with Gasteiger partial charge in [-0.05, 0) is 24.3 Å². The molecule has 1 aliphatic rings. The van der Waals surface area contributed by atoms with Crippen LogP contribution in [0, 0.1) is 0 Å². The number of nitrogens with zero attached hydrogens (tertiary/aromatic N) is 1. The summed E-state index contributed by atoms with van der Waals surface area (Å²) < 4.78 is 24.6. The van der Waals surface area contributed by atoms with Gasteiger partial charge in [0.15, 0.2) is 15.7 Å². The highest BCUT2D eigenvalue weighted by Crippen LogP contribution is 2.17. The van der Waals surface area contributed by atoms with Crippen LogP contribution in [-0.4, -0.2) is 49.3 Å². The zero-order valence-corrected chi connectivity index (χ0v) is 13.2. The molecule has 0 amide bonds. The summed E-state index contributed by atoms with van der Waals surface area (Å²) in [5, 5.41) is 14.8. The van der Waals surface area contributed by atoms with Crippen LogP contribution in [0.1, 0.15) is 12.0 Å². The maximum atomic E-state index is 12.3. The fourth-order valence-corrected chi connectivity index (χ4v) is 4.52. The van der Waals surface area contributed by atoms with Crippen LogP contribution in [-0.2, 0) is 9.84 Å². The molecule has 2 rings (SSSR count). The Kier molecular flexibility index (Phi) is 5.49. The summed E-state index contributed by atoms with van der Waals surface area (Å²) in [5.74, 6) is 2.10. The van der Waals surface area contributed by atoms with Crippen molar-refractivity contribution in [1.82, 2.24) is 5.32 Å². The molecule has 1 unspecified atom stereocenters. The van der Waals surface area contributed by atoms with E-state index in [1.54, 1.807) is 12.1 Å². The number of nitrogens with two attached hydrogens (primary N) is 1. The van der Waals surface area contributed by atoms with Crippen LogP contribution in [0.15, 0.2) is 34.3 Å². The van der Waals surface area contributed by atoms with Crippen molar-refractivity contribution in [3.63, 3.8) is 0 Å². The number of oxime groups is 1. The largest absolute Gasteiger partial charge is 0.409 e. The van der Waals surface area contributed by atoms with Gasteiger partial charge in [0.05, 0.1) is 10.6 Å². The topological polar surface area (TPSA) is 105 Å². The molecule has 116 valence electrons. The van der Waals surface area contributed by atoms with Gasteiger partial charge in [-0.25, -0.2) is 8.42 Å². The van der Waals surface area contributed by atoms with E-state index in [1.165, 1.54) is 12.1 Å². The van der Waals surface area contributed by atoms with Gasteiger partial charge >= 0.3 is 0 Å². The zero-order valence-electron chi connectivity index (χ0n) is 11.5. The fourth-order valence-electron chi connectivity index (χ4n) is 2.12. The van der Waals surface area contributed by atoms with Crippen molar-refractivity contribution < 1.29 is 13.6 Å². The van der Waals surface area contributed by atoms with Gasteiger partial charge in [0.1, 0.15) is 0 Å². The zero-order chi connectivity index (χ0) is 15.3. The van der Waals surface area contributed by atoms with Crippen LogP contribution in [0.4, 0.5) is 0 Å². The van der Waals surface area contributed by atoms with E-state index in [4.69, 9.17) is 10.9 Å². The minimum Gasteiger partial charge on any atom is -0.409 e. The number of nitrogens with one attached hydrogen (secondary N) is 1. The van der Waals surface area contributed by atoms with Gasteiger partial charge in [-0.15, -0.1) is 0 Å². The average molecular weight is 329 g/mol. The quantitative estimate of drug-likeness (QED) is 0.306. The molecule has 0 spiro atoms. The summed E-state index contributed by atoms with van der Waals surface area (Å²) in [7, 11) is -3.38. The Bertz CT molecular complexity index is 611. The van der Waals surface area contributed by atoms with Crippen molar-refractivity contribution in [2.24, 2.45) is 10.9 Å². The van der Waals surface area contributed by atoms with E-state index in [0.717, 1.165) is 17.9 Å². The van der Waals surface area contributed by atoms with Crippen molar-refractivity contribution in [3.8, 4) is 0 Å². The summed E-state index contributed by atoms with van der Waals surface area (Å²) >= 11 is 1.88. The standard InChI is InChI=1S/C13H19N3O3S2/c14-13(16-17)10-2-1-3-12(8-10)21(18,19)7-5-15-11-4-6-20-9-11/h1-3,8,11,15,17H,4-7,9H2,(H2,14,16). The molecule has 8 heteroatoms. The summed E-state index contributed by atoms with van der Waals surface area (Å²) in [4.78, 5) is 0.189. The van der Waals surface area contributed by atoms with Gasteiger partial charge in [0.2, 0.25) is 0 Å². The third-order valence-corrected chi connectivity index (χ3v) is 6.21. The first kappa shape index (κ1) is 16.1. The smallest absolute Gasteiger partial charge is 0.179 e. The van der Waals surface area contributed by atoms with E-state index in [2.05, 4.69) is 10.5 Å². The summed E-state index contributed by atoms with van der Waals surface area (Å²) in [5.41, 5.74) is 5.87. The molecule has 6 nitrogen and oxygen atoms in total. The maximum Gasteiger partial charge on any atom is 0.179 e. The Morgan fingerprint density at radius 1 is 1.52 bits per heavy atom. The fraction of sp³-hybridized carbons (Fsp3) is 0.462. The monoisotopic (exact) mass is 329 g/mol. The highest BCUT2D eigenvalue weighted by molar-refractivity contribution is 7.99. The molecule has 0 radical (unpaired) electrons. The molecule has 21 heavy (non-hydrogen) atoms. The summed E-state index contributed by atoms with van der Waals surface area (Å²) in [6.45, 7) is 0.432. The van der Waals surface area contributed by atoms with Gasteiger partial charge in [-0.2, -0.15) is 11.8 Å². The molecule has 1 fully saturated rings. The average Bonchev–Trinajstić information content (AvgIpc) is 2.99. The lowest BCUT2D eigenvalue weighted by molar-refractivity contribution is 0.318.